The summed E-state index contributed by atoms with van der Waals surface area (Å²) in [7, 11) is 1.41. The number of nitrogens with zero attached hydrogens (tertiary/aromatic N) is 3. The van der Waals surface area contributed by atoms with Crippen LogP contribution in [0.3, 0.4) is 0 Å². The van der Waals surface area contributed by atoms with Gasteiger partial charge < -0.3 is 20.1 Å². The predicted octanol–water partition coefficient (Wildman–Crippen LogP) is 1.94. The number of ether oxygens (including phenoxy) is 1. The number of aromatic hydroxyl groups is 1. The first-order valence-electron chi connectivity index (χ1n) is 9.89. The van der Waals surface area contributed by atoms with Crippen LogP contribution >= 0.6 is 0 Å². The van der Waals surface area contributed by atoms with E-state index in [-0.39, 0.29) is 22.9 Å². The average molecular weight is 409 g/mol. The van der Waals surface area contributed by atoms with Crippen LogP contribution in [0.2, 0.25) is 0 Å². The molecule has 156 valence electrons. The molecule has 30 heavy (non-hydrogen) atoms. The number of benzene rings is 1. The third-order valence-corrected chi connectivity index (χ3v) is 5.77. The number of carbonyl (C=O) groups excluding carboxylic acids is 1. The van der Waals surface area contributed by atoms with E-state index >= 15 is 0 Å². The Labute approximate surface area is 173 Å². The number of hydrogen-bond donors (Lipinski definition) is 3. The SMILES string of the molecule is COc1cc(C2c3c(nc(N4CCCC(C)C4)[nH]c3=O)NC(=O)C2C#N)ccc1O. The van der Waals surface area contributed by atoms with Crippen LogP contribution in [0.25, 0.3) is 0 Å². The lowest BCUT2D eigenvalue weighted by Crippen LogP contribution is -2.41. The second-order valence-corrected chi connectivity index (χ2v) is 7.85. The van der Waals surface area contributed by atoms with Crippen molar-refractivity contribution in [2.75, 3.05) is 30.4 Å². The first-order chi connectivity index (χ1) is 14.4. The molecule has 2 aromatic rings. The van der Waals surface area contributed by atoms with E-state index in [2.05, 4.69) is 22.2 Å². The maximum Gasteiger partial charge on any atom is 0.258 e. The molecule has 3 atom stereocenters. The number of phenols is 1. The molecule has 4 rings (SSSR count). The van der Waals surface area contributed by atoms with Gasteiger partial charge in [-0.05, 0) is 36.5 Å². The van der Waals surface area contributed by atoms with Gasteiger partial charge >= 0.3 is 0 Å². The summed E-state index contributed by atoms with van der Waals surface area (Å²) in [6.07, 6.45) is 2.12. The van der Waals surface area contributed by atoms with Gasteiger partial charge in [-0.1, -0.05) is 13.0 Å². The fourth-order valence-corrected chi connectivity index (χ4v) is 4.28. The molecule has 1 saturated heterocycles. The van der Waals surface area contributed by atoms with Crippen molar-refractivity contribution in [2.24, 2.45) is 11.8 Å². The van der Waals surface area contributed by atoms with Gasteiger partial charge in [-0.2, -0.15) is 10.2 Å². The summed E-state index contributed by atoms with van der Waals surface area (Å²) >= 11 is 0. The number of amides is 1. The van der Waals surface area contributed by atoms with Crippen molar-refractivity contribution < 1.29 is 14.6 Å². The van der Waals surface area contributed by atoms with E-state index in [9.17, 15) is 20.0 Å². The van der Waals surface area contributed by atoms with E-state index < -0.39 is 23.3 Å². The van der Waals surface area contributed by atoms with Crippen molar-refractivity contribution in [3.63, 3.8) is 0 Å². The van der Waals surface area contributed by atoms with Crippen LogP contribution in [0, 0.1) is 23.2 Å². The maximum atomic E-state index is 13.1. The quantitative estimate of drug-likeness (QED) is 0.706. The van der Waals surface area contributed by atoms with E-state index in [4.69, 9.17) is 4.74 Å². The molecule has 1 aromatic heterocycles. The van der Waals surface area contributed by atoms with E-state index in [1.807, 2.05) is 11.0 Å². The number of carbonyl (C=O) groups is 1. The number of aromatic nitrogens is 2. The first kappa shape index (κ1) is 19.8. The minimum absolute atomic E-state index is 0.0724. The van der Waals surface area contributed by atoms with Crippen molar-refractivity contribution in [3.8, 4) is 17.6 Å². The first-order valence-corrected chi connectivity index (χ1v) is 9.89. The highest BCUT2D eigenvalue weighted by Crippen LogP contribution is 2.40. The second-order valence-electron chi connectivity index (χ2n) is 7.85. The van der Waals surface area contributed by atoms with Crippen LogP contribution in [-0.2, 0) is 4.79 Å². The molecule has 1 aromatic carbocycles. The Bertz CT molecular complexity index is 1090. The molecule has 0 spiro atoms. The minimum atomic E-state index is -1.12. The standard InChI is InChI=1S/C21H23N5O4/c1-11-4-3-7-26(10-11)21-24-18-17(20(29)25-21)16(13(9-22)19(28)23-18)12-5-6-14(27)15(8-12)30-2/h5-6,8,11,13,16,27H,3-4,7,10H2,1-2H3,(H2,23,24,25,28,29). The van der Waals surface area contributed by atoms with Crippen LogP contribution in [0.15, 0.2) is 23.0 Å². The molecule has 2 aliphatic heterocycles. The Hall–Kier alpha value is -3.54. The monoisotopic (exact) mass is 409 g/mol. The lowest BCUT2D eigenvalue weighted by Gasteiger charge is -2.33. The number of anilines is 2. The minimum Gasteiger partial charge on any atom is -0.504 e. The molecule has 2 aliphatic rings. The molecular formula is C21H23N5O4. The van der Waals surface area contributed by atoms with Crippen LogP contribution in [0.5, 0.6) is 11.5 Å². The van der Waals surface area contributed by atoms with E-state index in [1.165, 1.54) is 19.2 Å². The highest BCUT2D eigenvalue weighted by molar-refractivity contribution is 5.98. The van der Waals surface area contributed by atoms with Gasteiger partial charge in [0.05, 0.1) is 18.7 Å². The zero-order chi connectivity index (χ0) is 21.4. The molecule has 0 saturated carbocycles. The largest absolute Gasteiger partial charge is 0.504 e. The molecule has 3 N–H and O–H groups in total. The molecule has 0 bridgehead atoms. The molecule has 1 amide bonds. The summed E-state index contributed by atoms with van der Waals surface area (Å²) < 4.78 is 5.16. The molecule has 0 radical (unpaired) electrons. The van der Waals surface area contributed by atoms with Crippen molar-refractivity contribution in [1.82, 2.24) is 9.97 Å². The van der Waals surface area contributed by atoms with Crippen LogP contribution in [0.4, 0.5) is 11.8 Å². The molecular weight excluding hydrogens is 386 g/mol. The van der Waals surface area contributed by atoms with Gasteiger partial charge in [0.1, 0.15) is 11.7 Å². The number of methoxy groups -OCH3 is 1. The third-order valence-electron chi connectivity index (χ3n) is 5.77. The molecule has 3 heterocycles. The summed E-state index contributed by atoms with van der Waals surface area (Å²) in [5.41, 5.74) is 0.340. The van der Waals surface area contributed by atoms with Gasteiger partial charge in [0, 0.05) is 19.0 Å². The number of hydrogen-bond acceptors (Lipinski definition) is 7. The maximum absolute atomic E-state index is 13.1. The highest BCUT2D eigenvalue weighted by Gasteiger charge is 2.40. The summed E-state index contributed by atoms with van der Waals surface area (Å²) in [6, 6.07) is 6.53. The highest BCUT2D eigenvalue weighted by atomic mass is 16.5. The number of nitriles is 1. The third kappa shape index (κ3) is 3.34. The summed E-state index contributed by atoms with van der Waals surface area (Å²) in [4.78, 5) is 35.2. The smallest absolute Gasteiger partial charge is 0.258 e. The number of H-pyrrole nitrogens is 1. The Morgan fingerprint density at radius 3 is 2.87 bits per heavy atom. The lowest BCUT2D eigenvalue weighted by molar-refractivity contribution is -0.119. The molecule has 0 aliphatic carbocycles. The number of nitrogens with one attached hydrogen (secondary N) is 2. The second kappa shape index (κ2) is 7.71. The number of piperidine rings is 1. The predicted molar refractivity (Wildman–Crippen MR) is 110 cm³/mol. The Balaban J connectivity index is 1.84. The Kier molecular flexibility index (Phi) is 5.08. The number of fused-ring (bicyclic) bond motifs is 1. The lowest BCUT2D eigenvalue weighted by atomic mass is 9.79. The number of rotatable bonds is 3. The number of aromatic amines is 1. The average Bonchev–Trinajstić information content (AvgIpc) is 2.73. The summed E-state index contributed by atoms with van der Waals surface area (Å²) in [5, 5.41) is 22.2. The zero-order valence-electron chi connectivity index (χ0n) is 16.8. The Morgan fingerprint density at radius 2 is 2.17 bits per heavy atom. The Morgan fingerprint density at radius 1 is 1.37 bits per heavy atom. The number of phenolic OH excluding ortho intramolecular Hbond substituents is 1. The van der Waals surface area contributed by atoms with E-state index in [0.717, 1.165) is 25.9 Å². The molecule has 1 fully saturated rings. The fraction of sp³-hybridized carbons (Fsp3) is 0.429. The summed E-state index contributed by atoms with van der Waals surface area (Å²) in [5.74, 6) is -1.28. The molecule has 9 heteroatoms. The zero-order valence-corrected chi connectivity index (χ0v) is 16.8. The van der Waals surface area contributed by atoms with Crippen LogP contribution in [-0.4, -0.2) is 41.2 Å². The van der Waals surface area contributed by atoms with Crippen LogP contribution < -0.4 is 20.5 Å². The van der Waals surface area contributed by atoms with Crippen LogP contribution in [0.1, 0.15) is 36.8 Å². The van der Waals surface area contributed by atoms with Gasteiger partial charge in [-0.3, -0.25) is 14.6 Å². The van der Waals surface area contributed by atoms with E-state index in [0.29, 0.717) is 17.4 Å². The van der Waals surface area contributed by atoms with E-state index in [1.54, 1.807) is 6.07 Å². The van der Waals surface area contributed by atoms with Gasteiger partial charge in [0.15, 0.2) is 11.5 Å². The van der Waals surface area contributed by atoms with Gasteiger partial charge in [0.2, 0.25) is 11.9 Å². The normalized spacial score (nSPS) is 23.3. The van der Waals surface area contributed by atoms with Crippen molar-refractivity contribution in [2.45, 2.75) is 25.7 Å². The van der Waals surface area contributed by atoms with Gasteiger partial charge in [-0.25, -0.2) is 0 Å². The van der Waals surface area contributed by atoms with Crippen molar-refractivity contribution in [1.29, 1.82) is 5.26 Å². The topological polar surface area (TPSA) is 131 Å². The molecule has 3 unspecified atom stereocenters. The fourth-order valence-electron chi connectivity index (χ4n) is 4.28. The van der Waals surface area contributed by atoms with Gasteiger partial charge in [-0.15, -0.1) is 0 Å². The van der Waals surface area contributed by atoms with Crippen molar-refractivity contribution in [3.05, 3.63) is 39.7 Å². The van der Waals surface area contributed by atoms with Crippen molar-refractivity contribution >= 4 is 17.7 Å². The van der Waals surface area contributed by atoms with Gasteiger partial charge in [0.25, 0.3) is 5.56 Å². The molecule has 9 nitrogen and oxygen atoms in total. The summed E-state index contributed by atoms with van der Waals surface area (Å²) in [6.45, 7) is 3.70.